The maximum atomic E-state index is 13.6. The molecule has 0 bridgehead atoms. The molecule has 0 unspecified atom stereocenters. The summed E-state index contributed by atoms with van der Waals surface area (Å²) in [7, 11) is 1.49. The number of nitrogens with zero attached hydrogens (tertiary/aromatic N) is 1. The summed E-state index contributed by atoms with van der Waals surface area (Å²) >= 11 is 0. The number of rotatable bonds is 2. The molecule has 1 aliphatic rings. The SMILES string of the molecule is COc1ccc(F)cc1[C@H]1C[C@@H](O)CN1C(=O)OC(C)(C)C. The zero-order chi connectivity index (χ0) is 16.5. The summed E-state index contributed by atoms with van der Waals surface area (Å²) in [5.74, 6) is 0.0652. The number of hydrogen-bond acceptors (Lipinski definition) is 4. The molecule has 1 N–H and O–H groups in total. The van der Waals surface area contributed by atoms with Crippen LogP contribution >= 0.6 is 0 Å². The van der Waals surface area contributed by atoms with E-state index in [4.69, 9.17) is 9.47 Å². The number of β-amino-alcohol motifs (C(OH)–C–C–N with tert-alkyl or cyclic N) is 1. The number of hydrogen-bond donors (Lipinski definition) is 1. The highest BCUT2D eigenvalue weighted by Crippen LogP contribution is 2.38. The predicted molar refractivity (Wildman–Crippen MR) is 79.3 cm³/mol. The lowest BCUT2D eigenvalue weighted by molar-refractivity contribution is 0.0205. The van der Waals surface area contributed by atoms with Crippen LogP contribution in [0.15, 0.2) is 18.2 Å². The van der Waals surface area contributed by atoms with Crippen LogP contribution in [-0.4, -0.2) is 41.5 Å². The third-order valence-corrected chi connectivity index (χ3v) is 3.46. The van der Waals surface area contributed by atoms with Crippen LogP contribution < -0.4 is 4.74 Å². The van der Waals surface area contributed by atoms with Gasteiger partial charge < -0.3 is 14.6 Å². The van der Waals surface area contributed by atoms with Gasteiger partial charge in [0, 0.05) is 5.56 Å². The maximum Gasteiger partial charge on any atom is 0.410 e. The Balaban J connectivity index is 2.32. The van der Waals surface area contributed by atoms with E-state index in [-0.39, 0.29) is 6.54 Å². The van der Waals surface area contributed by atoms with Gasteiger partial charge >= 0.3 is 6.09 Å². The first kappa shape index (κ1) is 16.5. The fraction of sp³-hybridized carbons (Fsp3) is 0.562. The van der Waals surface area contributed by atoms with Crippen molar-refractivity contribution >= 4 is 6.09 Å². The average Bonchev–Trinajstić information content (AvgIpc) is 2.79. The fourth-order valence-electron chi connectivity index (χ4n) is 2.60. The Morgan fingerprint density at radius 1 is 1.41 bits per heavy atom. The van der Waals surface area contributed by atoms with Crippen molar-refractivity contribution in [3.8, 4) is 5.75 Å². The molecule has 0 saturated carbocycles. The van der Waals surface area contributed by atoms with Gasteiger partial charge in [-0.1, -0.05) is 0 Å². The molecular weight excluding hydrogens is 289 g/mol. The van der Waals surface area contributed by atoms with E-state index in [0.717, 1.165) is 0 Å². The molecule has 1 fully saturated rings. The molecule has 1 aromatic rings. The molecule has 0 aliphatic carbocycles. The topological polar surface area (TPSA) is 59.0 Å². The Morgan fingerprint density at radius 2 is 2.09 bits per heavy atom. The van der Waals surface area contributed by atoms with Gasteiger partial charge in [-0.25, -0.2) is 9.18 Å². The van der Waals surface area contributed by atoms with E-state index in [9.17, 15) is 14.3 Å². The minimum absolute atomic E-state index is 0.152. The number of amides is 1. The molecule has 0 aromatic heterocycles. The molecule has 1 amide bonds. The second kappa shape index (κ2) is 6.12. The quantitative estimate of drug-likeness (QED) is 0.912. The Labute approximate surface area is 129 Å². The zero-order valence-electron chi connectivity index (χ0n) is 13.3. The van der Waals surface area contributed by atoms with E-state index in [1.807, 2.05) is 0 Å². The second-order valence-corrected chi connectivity index (χ2v) is 6.42. The maximum absolute atomic E-state index is 13.6. The van der Waals surface area contributed by atoms with Crippen molar-refractivity contribution in [1.82, 2.24) is 4.90 Å². The van der Waals surface area contributed by atoms with Gasteiger partial charge in [0.2, 0.25) is 0 Å². The van der Waals surface area contributed by atoms with Gasteiger partial charge in [-0.15, -0.1) is 0 Å². The molecule has 1 aliphatic heterocycles. The lowest BCUT2D eigenvalue weighted by Crippen LogP contribution is -2.37. The van der Waals surface area contributed by atoms with Crippen LogP contribution in [0, 0.1) is 5.82 Å². The van der Waals surface area contributed by atoms with Gasteiger partial charge in [-0.2, -0.15) is 0 Å². The monoisotopic (exact) mass is 311 g/mol. The normalized spacial score (nSPS) is 21.8. The summed E-state index contributed by atoms with van der Waals surface area (Å²) < 4.78 is 24.2. The van der Waals surface area contributed by atoms with Crippen molar-refractivity contribution in [3.05, 3.63) is 29.6 Å². The van der Waals surface area contributed by atoms with Crippen molar-refractivity contribution in [2.75, 3.05) is 13.7 Å². The van der Waals surface area contributed by atoms with Crippen LogP contribution in [0.5, 0.6) is 5.75 Å². The lowest BCUT2D eigenvalue weighted by atomic mass is 10.0. The Bertz CT molecular complexity index is 556. The number of carbonyl (C=O) groups excluding carboxylic acids is 1. The highest BCUT2D eigenvalue weighted by Gasteiger charge is 2.39. The van der Waals surface area contributed by atoms with Crippen molar-refractivity contribution in [3.63, 3.8) is 0 Å². The molecule has 5 nitrogen and oxygen atoms in total. The van der Waals surface area contributed by atoms with E-state index >= 15 is 0 Å². The number of ether oxygens (including phenoxy) is 2. The van der Waals surface area contributed by atoms with Crippen LogP contribution in [-0.2, 0) is 4.74 Å². The molecule has 2 rings (SSSR count). The summed E-state index contributed by atoms with van der Waals surface area (Å²) in [6.45, 7) is 5.47. The van der Waals surface area contributed by atoms with Crippen LogP contribution in [0.3, 0.4) is 0 Å². The number of likely N-dealkylation sites (tertiary alicyclic amines) is 1. The van der Waals surface area contributed by atoms with E-state index in [2.05, 4.69) is 0 Å². The van der Waals surface area contributed by atoms with Crippen LogP contribution in [0.4, 0.5) is 9.18 Å². The molecule has 1 aromatic carbocycles. The van der Waals surface area contributed by atoms with Gasteiger partial charge in [0.25, 0.3) is 0 Å². The highest BCUT2D eigenvalue weighted by atomic mass is 19.1. The average molecular weight is 311 g/mol. The highest BCUT2D eigenvalue weighted by molar-refractivity contribution is 5.69. The summed E-state index contributed by atoms with van der Waals surface area (Å²) in [6, 6.07) is 3.67. The number of aliphatic hydroxyl groups excluding tert-OH is 1. The van der Waals surface area contributed by atoms with Gasteiger partial charge in [-0.05, 0) is 45.4 Å². The number of aliphatic hydroxyl groups is 1. The molecule has 122 valence electrons. The minimum atomic E-state index is -0.675. The molecule has 0 spiro atoms. The molecule has 1 saturated heterocycles. The van der Waals surface area contributed by atoms with Crippen molar-refractivity contribution < 1.29 is 23.8 Å². The Kier molecular flexibility index (Phi) is 4.60. The summed E-state index contributed by atoms with van der Waals surface area (Å²) in [5.41, 5.74) is -0.105. The van der Waals surface area contributed by atoms with Gasteiger partial charge in [0.1, 0.15) is 17.2 Å². The zero-order valence-corrected chi connectivity index (χ0v) is 13.3. The van der Waals surface area contributed by atoms with E-state index < -0.39 is 29.7 Å². The Hall–Kier alpha value is -1.82. The van der Waals surface area contributed by atoms with Crippen LogP contribution in [0.25, 0.3) is 0 Å². The minimum Gasteiger partial charge on any atom is -0.496 e. The number of benzene rings is 1. The third kappa shape index (κ3) is 3.68. The number of halogens is 1. The first-order valence-corrected chi connectivity index (χ1v) is 7.22. The summed E-state index contributed by atoms with van der Waals surface area (Å²) in [6.07, 6.45) is -0.884. The van der Waals surface area contributed by atoms with E-state index in [1.165, 1.54) is 30.2 Å². The van der Waals surface area contributed by atoms with Crippen LogP contribution in [0.1, 0.15) is 38.8 Å². The standard InChI is InChI=1S/C16H22FNO4/c1-16(2,3)22-15(20)18-9-11(19)8-13(18)12-7-10(17)5-6-14(12)21-4/h5-7,11,13,19H,8-9H2,1-4H3/t11-,13-/m1/s1. The summed E-state index contributed by atoms with van der Waals surface area (Å²) in [5, 5.41) is 9.93. The van der Waals surface area contributed by atoms with E-state index in [1.54, 1.807) is 20.8 Å². The summed E-state index contributed by atoms with van der Waals surface area (Å²) in [4.78, 5) is 13.8. The number of methoxy groups -OCH3 is 1. The number of carbonyl (C=O) groups is 1. The first-order valence-electron chi connectivity index (χ1n) is 7.22. The first-order chi connectivity index (χ1) is 10.2. The molecular formula is C16H22FNO4. The third-order valence-electron chi connectivity index (χ3n) is 3.46. The largest absolute Gasteiger partial charge is 0.496 e. The fourth-order valence-corrected chi connectivity index (χ4v) is 2.60. The van der Waals surface area contributed by atoms with Gasteiger partial charge in [0.05, 0.1) is 25.8 Å². The van der Waals surface area contributed by atoms with Crippen LogP contribution in [0.2, 0.25) is 0 Å². The molecule has 22 heavy (non-hydrogen) atoms. The molecule has 6 heteroatoms. The molecule has 1 heterocycles. The Morgan fingerprint density at radius 3 is 2.68 bits per heavy atom. The lowest BCUT2D eigenvalue weighted by Gasteiger charge is -2.29. The predicted octanol–water partition coefficient (Wildman–Crippen LogP) is 2.88. The smallest absolute Gasteiger partial charge is 0.410 e. The second-order valence-electron chi connectivity index (χ2n) is 6.42. The molecule has 2 atom stereocenters. The molecule has 0 radical (unpaired) electrons. The van der Waals surface area contributed by atoms with Gasteiger partial charge in [-0.3, -0.25) is 4.90 Å². The van der Waals surface area contributed by atoms with Crippen molar-refractivity contribution in [2.45, 2.75) is 44.9 Å². The van der Waals surface area contributed by atoms with Gasteiger partial charge in [0.15, 0.2) is 0 Å². The van der Waals surface area contributed by atoms with E-state index in [0.29, 0.717) is 17.7 Å². The van der Waals surface area contributed by atoms with Crippen molar-refractivity contribution in [1.29, 1.82) is 0 Å². The van der Waals surface area contributed by atoms with Crippen molar-refractivity contribution in [2.24, 2.45) is 0 Å².